The van der Waals surface area contributed by atoms with Gasteiger partial charge in [0.1, 0.15) is 24.3 Å². The van der Waals surface area contributed by atoms with Crippen LogP contribution in [0.4, 0.5) is 4.79 Å². The normalized spacial score (nSPS) is 13.2. The maximum absolute atomic E-state index is 12.2. The van der Waals surface area contributed by atoms with E-state index in [1.54, 1.807) is 32.9 Å². The molecule has 0 spiro atoms. The summed E-state index contributed by atoms with van der Waals surface area (Å²) in [6.45, 7) is 11.1. The number of rotatable bonds is 18. The predicted molar refractivity (Wildman–Crippen MR) is 144 cm³/mol. The summed E-state index contributed by atoms with van der Waals surface area (Å²) in [5.41, 5.74) is 0.249. The van der Waals surface area contributed by atoms with Crippen LogP contribution in [0.25, 0.3) is 0 Å². The lowest BCUT2D eigenvalue weighted by Crippen LogP contribution is -2.50. The van der Waals surface area contributed by atoms with E-state index >= 15 is 0 Å². The Morgan fingerprint density at radius 3 is 1.80 bits per heavy atom. The van der Waals surface area contributed by atoms with E-state index in [1.807, 2.05) is 6.92 Å². The van der Waals surface area contributed by atoms with Crippen molar-refractivity contribution < 1.29 is 50.7 Å². The van der Waals surface area contributed by atoms with Gasteiger partial charge in [-0.1, -0.05) is 17.7 Å². The molecule has 1 aromatic rings. The zero-order chi connectivity index (χ0) is 30.2. The van der Waals surface area contributed by atoms with Gasteiger partial charge in [-0.05, 0) is 53.7 Å². The molecule has 13 nitrogen and oxygen atoms in total. The molecule has 0 saturated heterocycles. The summed E-state index contributed by atoms with van der Waals surface area (Å²) in [5, 5.41) is 4.86. The van der Waals surface area contributed by atoms with E-state index in [0.717, 1.165) is 5.56 Å². The molecule has 2 amide bonds. The van der Waals surface area contributed by atoms with Crippen molar-refractivity contribution in [2.75, 3.05) is 52.9 Å². The lowest BCUT2D eigenvalue weighted by Gasteiger charge is -2.22. The minimum absolute atomic E-state index is 0.0145. The molecule has 0 aliphatic rings. The molecule has 0 saturated carbocycles. The monoisotopic (exact) mass is 590 g/mol. The van der Waals surface area contributed by atoms with Gasteiger partial charge in [-0.15, -0.1) is 0 Å². The molecule has 14 heteroatoms. The molecule has 0 unspecified atom stereocenters. The van der Waals surface area contributed by atoms with Gasteiger partial charge in [0, 0.05) is 0 Å². The third kappa shape index (κ3) is 15.7. The summed E-state index contributed by atoms with van der Waals surface area (Å²) >= 11 is 0. The lowest BCUT2D eigenvalue weighted by atomic mass is 10.2. The fraction of sp³-hybridized carbons (Fsp3) is 0.654. The Hall–Kier alpha value is -2.78. The first kappa shape index (κ1) is 35.2. The van der Waals surface area contributed by atoms with E-state index in [2.05, 4.69) is 10.6 Å². The smallest absolute Gasteiger partial charge is 0.408 e. The van der Waals surface area contributed by atoms with Gasteiger partial charge < -0.3 is 34.3 Å². The summed E-state index contributed by atoms with van der Waals surface area (Å²) in [4.78, 5) is 36.1. The first-order chi connectivity index (χ1) is 18.7. The third-order valence-electron chi connectivity index (χ3n) is 4.83. The quantitative estimate of drug-likeness (QED) is 0.145. The second-order valence-corrected chi connectivity index (χ2v) is 11.3. The number of benzene rings is 1. The van der Waals surface area contributed by atoms with Gasteiger partial charge in [0.2, 0.25) is 5.91 Å². The van der Waals surface area contributed by atoms with E-state index in [1.165, 1.54) is 26.0 Å². The fourth-order valence-corrected chi connectivity index (χ4v) is 3.68. The number of ether oxygens (including phenoxy) is 5. The number of amides is 2. The van der Waals surface area contributed by atoms with Crippen molar-refractivity contribution in [3.05, 3.63) is 29.8 Å². The van der Waals surface area contributed by atoms with Gasteiger partial charge in [-0.2, -0.15) is 8.42 Å². The van der Waals surface area contributed by atoms with Crippen molar-refractivity contribution in [2.45, 2.75) is 64.1 Å². The highest BCUT2D eigenvalue weighted by Gasteiger charge is 2.24. The molecule has 40 heavy (non-hydrogen) atoms. The Morgan fingerprint density at radius 2 is 1.27 bits per heavy atom. The second-order valence-electron chi connectivity index (χ2n) is 9.69. The zero-order valence-corrected chi connectivity index (χ0v) is 24.8. The van der Waals surface area contributed by atoms with E-state index < -0.39 is 45.8 Å². The Morgan fingerprint density at radius 1 is 0.775 bits per heavy atom. The Labute approximate surface area is 236 Å². The topological polar surface area (TPSA) is 165 Å². The molecule has 0 aromatic heterocycles. The molecule has 0 bridgehead atoms. The standard InChI is InChI=1S/C26H42N2O11S/c1-19-7-9-22(10-8-19)40(32,33)38-18-16-36-14-12-34-11-13-35-15-17-37-24(30)21(3)27-23(29)20(2)28-25(31)39-26(4,5)6/h7-10,20-21H,11-18H2,1-6H3,(H,27,29)(H,28,31)/t20-,21+/m0/s1. The van der Waals surface area contributed by atoms with Crippen LogP contribution in [0.3, 0.4) is 0 Å². The third-order valence-corrected chi connectivity index (χ3v) is 6.16. The first-order valence-electron chi connectivity index (χ1n) is 12.9. The number of carbonyl (C=O) groups is 3. The van der Waals surface area contributed by atoms with Crippen LogP contribution in [0.1, 0.15) is 40.2 Å². The van der Waals surface area contributed by atoms with Gasteiger partial charge in [-0.3, -0.25) is 8.98 Å². The highest BCUT2D eigenvalue weighted by atomic mass is 32.2. The molecular weight excluding hydrogens is 548 g/mol. The average molecular weight is 591 g/mol. The first-order valence-corrected chi connectivity index (χ1v) is 14.3. The minimum atomic E-state index is -3.81. The molecule has 0 radical (unpaired) electrons. The summed E-state index contributed by atoms with van der Waals surface area (Å²) in [6, 6.07) is 4.53. The molecule has 2 atom stereocenters. The maximum Gasteiger partial charge on any atom is 0.408 e. The molecule has 0 aliphatic carbocycles. The molecule has 228 valence electrons. The van der Waals surface area contributed by atoms with Crippen molar-refractivity contribution in [3.63, 3.8) is 0 Å². The van der Waals surface area contributed by atoms with Crippen LogP contribution < -0.4 is 10.6 Å². The number of alkyl carbamates (subject to hydrolysis) is 1. The summed E-state index contributed by atoms with van der Waals surface area (Å²) < 4.78 is 55.2. The zero-order valence-electron chi connectivity index (χ0n) is 24.0. The van der Waals surface area contributed by atoms with Crippen molar-refractivity contribution in [2.24, 2.45) is 0 Å². The Kier molecular flexibility index (Phi) is 15.7. The molecule has 2 N–H and O–H groups in total. The SMILES string of the molecule is Cc1ccc(S(=O)(=O)OCCOCCOCCOCCOC(=O)[C@@H](C)NC(=O)[C@H](C)NC(=O)OC(C)(C)C)cc1. The van der Waals surface area contributed by atoms with Crippen molar-refractivity contribution in [1.82, 2.24) is 10.6 Å². The van der Waals surface area contributed by atoms with Crippen LogP contribution in [0.5, 0.6) is 0 Å². The number of aryl methyl sites for hydroxylation is 1. The predicted octanol–water partition coefficient (Wildman–Crippen LogP) is 1.71. The van der Waals surface area contributed by atoms with Gasteiger partial charge >= 0.3 is 12.1 Å². The minimum Gasteiger partial charge on any atom is -0.462 e. The summed E-state index contributed by atoms with van der Waals surface area (Å²) in [6.07, 6.45) is -0.740. The lowest BCUT2D eigenvalue weighted by molar-refractivity contribution is -0.149. The van der Waals surface area contributed by atoms with Gasteiger partial charge in [0.15, 0.2) is 0 Å². The van der Waals surface area contributed by atoms with Crippen molar-refractivity contribution >= 4 is 28.1 Å². The number of esters is 1. The largest absolute Gasteiger partial charge is 0.462 e. The summed E-state index contributed by atoms with van der Waals surface area (Å²) in [7, 11) is -3.81. The van der Waals surface area contributed by atoms with Gasteiger partial charge in [0.05, 0.1) is 51.1 Å². The second kappa shape index (κ2) is 17.8. The molecule has 1 aromatic carbocycles. The molecular formula is C26H42N2O11S. The number of hydrogen-bond acceptors (Lipinski definition) is 11. The van der Waals surface area contributed by atoms with Crippen LogP contribution in [-0.2, 0) is 47.6 Å². The number of hydrogen-bond donors (Lipinski definition) is 2. The van der Waals surface area contributed by atoms with Crippen LogP contribution in [0.2, 0.25) is 0 Å². The van der Waals surface area contributed by atoms with Crippen LogP contribution in [0.15, 0.2) is 29.2 Å². The van der Waals surface area contributed by atoms with E-state index in [4.69, 9.17) is 27.9 Å². The van der Waals surface area contributed by atoms with Crippen LogP contribution >= 0.6 is 0 Å². The number of carbonyl (C=O) groups excluding carboxylic acids is 3. The molecule has 0 fully saturated rings. The van der Waals surface area contributed by atoms with Crippen molar-refractivity contribution in [1.29, 1.82) is 0 Å². The molecule has 1 rings (SSSR count). The van der Waals surface area contributed by atoms with E-state index in [0.29, 0.717) is 0 Å². The van der Waals surface area contributed by atoms with Crippen molar-refractivity contribution in [3.8, 4) is 0 Å². The van der Waals surface area contributed by atoms with Gasteiger partial charge in [-0.25, -0.2) is 9.59 Å². The van der Waals surface area contributed by atoms with E-state index in [9.17, 15) is 22.8 Å². The van der Waals surface area contributed by atoms with Crippen LogP contribution in [0, 0.1) is 6.92 Å². The van der Waals surface area contributed by atoms with Crippen LogP contribution in [-0.4, -0.2) is 96.9 Å². The van der Waals surface area contributed by atoms with E-state index in [-0.39, 0.29) is 57.8 Å². The average Bonchev–Trinajstić information content (AvgIpc) is 2.85. The highest BCUT2D eigenvalue weighted by molar-refractivity contribution is 7.86. The number of nitrogens with one attached hydrogen (secondary N) is 2. The molecule has 0 heterocycles. The Balaban J connectivity index is 2.03. The highest BCUT2D eigenvalue weighted by Crippen LogP contribution is 2.13. The molecule has 0 aliphatic heterocycles. The summed E-state index contributed by atoms with van der Waals surface area (Å²) in [5.74, 6) is -1.21. The maximum atomic E-state index is 12.2. The fourth-order valence-electron chi connectivity index (χ4n) is 2.79. The van der Waals surface area contributed by atoms with Gasteiger partial charge in [0.25, 0.3) is 10.1 Å². The Bertz CT molecular complexity index is 1020.